The molecule has 0 radical (unpaired) electrons. The summed E-state index contributed by atoms with van der Waals surface area (Å²) in [5.41, 5.74) is 0. The Morgan fingerprint density at radius 3 is 2.44 bits per heavy atom. The molecule has 0 amide bonds. The van der Waals surface area contributed by atoms with Crippen molar-refractivity contribution >= 4 is 0 Å². The minimum Gasteiger partial charge on any atom is -0.313 e. The summed E-state index contributed by atoms with van der Waals surface area (Å²) >= 11 is 0. The first-order valence-corrected chi connectivity index (χ1v) is 7.22. The van der Waals surface area contributed by atoms with Gasteiger partial charge in [0.05, 0.1) is 0 Å². The lowest BCUT2D eigenvalue weighted by Gasteiger charge is -2.33. The second kappa shape index (κ2) is 8.08. The summed E-state index contributed by atoms with van der Waals surface area (Å²) in [5.74, 6) is 0.949. The molecule has 2 heteroatoms. The summed E-state index contributed by atoms with van der Waals surface area (Å²) in [4.78, 5) is 2.66. The number of rotatable bonds is 7. The van der Waals surface area contributed by atoms with Crippen molar-refractivity contribution in [3.63, 3.8) is 0 Å². The fourth-order valence-corrected chi connectivity index (χ4v) is 2.51. The molecule has 0 aromatic heterocycles. The van der Waals surface area contributed by atoms with Crippen LogP contribution in [0.3, 0.4) is 0 Å². The summed E-state index contributed by atoms with van der Waals surface area (Å²) in [6.45, 7) is 12.0. The largest absolute Gasteiger partial charge is 0.313 e. The molecule has 0 aromatic rings. The predicted octanol–water partition coefficient (Wildman–Crippen LogP) is 2.89. The number of nitrogens with zero attached hydrogens (tertiary/aromatic N) is 1. The Hall–Kier alpha value is -0.0800. The molecule has 1 fully saturated rings. The van der Waals surface area contributed by atoms with Crippen molar-refractivity contribution in [3.05, 3.63) is 0 Å². The normalized spacial score (nSPS) is 21.2. The molecule has 0 saturated carbocycles. The van der Waals surface area contributed by atoms with Gasteiger partial charge in [-0.25, -0.2) is 0 Å². The first-order valence-electron chi connectivity index (χ1n) is 7.22. The van der Waals surface area contributed by atoms with Crippen LogP contribution in [-0.4, -0.2) is 37.1 Å². The number of likely N-dealkylation sites (tertiary alicyclic amines) is 1. The third-order valence-electron chi connectivity index (χ3n) is 3.67. The molecule has 1 N–H and O–H groups in total. The first-order chi connectivity index (χ1) is 7.76. The van der Waals surface area contributed by atoms with Gasteiger partial charge in [0.15, 0.2) is 0 Å². The third-order valence-corrected chi connectivity index (χ3v) is 3.67. The first kappa shape index (κ1) is 14.0. The highest BCUT2D eigenvalue weighted by Gasteiger charge is 2.18. The molecule has 0 bridgehead atoms. The van der Waals surface area contributed by atoms with Gasteiger partial charge < -0.3 is 10.2 Å². The second-order valence-electron chi connectivity index (χ2n) is 5.42. The Morgan fingerprint density at radius 1 is 1.19 bits per heavy atom. The molecule has 0 aromatic carbocycles. The van der Waals surface area contributed by atoms with Gasteiger partial charge in [-0.1, -0.05) is 27.2 Å². The fourth-order valence-electron chi connectivity index (χ4n) is 2.51. The minimum absolute atomic E-state index is 0.721. The zero-order valence-electron chi connectivity index (χ0n) is 11.5. The standard InChI is InChI=1S/C14H30N2/c1-4-6-14(15-9-5-2)12-16-10-7-13(3)8-11-16/h13-15H,4-12H2,1-3H3. The zero-order chi connectivity index (χ0) is 11.8. The lowest BCUT2D eigenvalue weighted by molar-refractivity contribution is 0.172. The Kier molecular flexibility index (Phi) is 7.06. The van der Waals surface area contributed by atoms with Gasteiger partial charge in [-0.05, 0) is 51.2 Å². The molecule has 0 spiro atoms. The SMILES string of the molecule is CCCNC(CCC)CN1CCC(C)CC1. The quantitative estimate of drug-likeness (QED) is 0.718. The number of piperidine rings is 1. The molecule has 0 aliphatic carbocycles. The van der Waals surface area contributed by atoms with Crippen LogP contribution >= 0.6 is 0 Å². The smallest absolute Gasteiger partial charge is 0.0194 e. The lowest BCUT2D eigenvalue weighted by atomic mass is 9.98. The lowest BCUT2D eigenvalue weighted by Crippen LogP contribution is -2.44. The van der Waals surface area contributed by atoms with Crippen molar-refractivity contribution in [2.75, 3.05) is 26.2 Å². The van der Waals surface area contributed by atoms with Gasteiger partial charge in [-0.15, -0.1) is 0 Å². The molecule has 2 nitrogen and oxygen atoms in total. The summed E-state index contributed by atoms with van der Waals surface area (Å²) in [6.07, 6.45) is 6.66. The van der Waals surface area contributed by atoms with E-state index in [-0.39, 0.29) is 0 Å². The number of hydrogen-bond donors (Lipinski definition) is 1. The van der Waals surface area contributed by atoms with Crippen LogP contribution in [0.2, 0.25) is 0 Å². The van der Waals surface area contributed by atoms with Crippen molar-refractivity contribution in [2.45, 2.75) is 58.9 Å². The molecule has 1 saturated heterocycles. The van der Waals surface area contributed by atoms with Crippen molar-refractivity contribution in [1.82, 2.24) is 10.2 Å². The van der Waals surface area contributed by atoms with Crippen LogP contribution in [0.15, 0.2) is 0 Å². The highest BCUT2D eigenvalue weighted by Crippen LogP contribution is 2.16. The number of hydrogen-bond acceptors (Lipinski definition) is 2. The second-order valence-corrected chi connectivity index (χ2v) is 5.42. The molecule has 1 heterocycles. The van der Waals surface area contributed by atoms with Crippen molar-refractivity contribution in [3.8, 4) is 0 Å². The van der Waals surface area contributed by atoms with Gasteiger partial charge in [0.25, 0.3) is 0 Å². The molecular formula is C14H30N2. The van der Waals surface area contributed by atoms with E-state index in [1.165, 1.54) is 58.3 Å². The Labute approximate surface area is 102 Å². The van der Waals surface area contributed by atoms with Crippen LogP contribution in [0.5, 0.6) is 0 Å². The van der Waals surface area contributed by atoms with E-state index in [0.717, 1.165) is 12.0 Å². The summed E-state index contributed by atoms with van der Waals surface area (Å²) in [7, 11) is 0. The average molecular weight is 226 g/mol. The number of nitrogens with one attached hydrogen (secondary N) is 1. The third kappa shape index (κ3) is 5.31. The van der Waals surface area contributed by atoms with Crippen LogP contribution in [0, 0.1) is 5.92 Å². The molecule has 1 aliphatic rings. The van der Waals surface area contributed by atoms with Gasteiger partial charge in [0.2, 0.25) is 0 Å². The van der Waals surface area contributed by atoms with Crippen molar-refractivity contribution in [1.29, 1.82) is 0 Å². The minimum atomic E-state index is 0.721. The molecule has 1 atom stereocenters. The van der Waals surface area contributed by atoms with Crippen LogP contribution in [-0.2, 0) is 0 Å². The highest BCUT2D eigenvalue weighted by atomic mass is 15.2. The Balaban J connectivity index is 2.24. The van der Waals surface area contributed by atoms with Gasteiger partial charge in [-0.3, -0.25) is 0 Å². The topological polar surface area (TPSA) is 15.3 Å². The summed E-state index contributed by atoms with van der Waals surface area (Å²) < 4.78 is 0. The zero-order valence-corrected chi connectivity index (χ0v) is 11.5. The van der Waals surface area contributed by atoms with E-state index in [1.807, 2.05) is 0 Å². The van der Waals surface area contributed by atoms with Crippen LogP contribution in [0.25, 0.3) is 0 Å². The Morgan fingerprint density at radius 2 is 1.88 bits per heavy atom. The maximum Gasteiger partial charge on any atom is 0.0194 e. The Bertz CT molecular complexity index is 162. The van der Waals surface area contributed by atoms with Crippen LogP contribution in [0.4, 0.5) is 0 Å². The molecule has 96 valence electrons. The van der Waals surface area contributed by atoms with E-state index in [1.54, 1.807) is 0 Å². The predicted molar refractivity (Wildman–Crippen MR) is 71.8 cm³/mol. The van der Waals surface area contributed by atoms with E-state index in [9.17, 15) is 0 Å². The van der Waals surface area contributed by atoms with E-state index in [2.05, 4.69) is 31.0 Å². The van der Waals surface area contributed by atoms with Crippen molar-refractivity contribution in [2.24, 2.45) is 5.92 Å². The van der Waals surface area contributed by atoms with E-state index in [0.29, 0.717) is 0 Å². The van der Waals surface area contributed by atoms with Gasteiger partial charge in [0, 0.05) is 12.6 Å². The molecular weight excluding hydrogens is 196 g/mol. The van der Waals surface area contributed by atoms with E-state index >= 15 is 0 Å². The van der Waals surface area contributed by atoms with Gasteiger partial charge >= 0.3 is 0 Å². The maximum atomic E-state index is 3.69. The molecule has 1 unspecified atom stereocenters. The van der Waals surface area contributed by atoms with E-state index in [4.69, 9.17) is 0 Å². The molecule has 1 rings (SSSR count). The molecule has 1 aliphatic heterocycles. The van der Waals surface area contributed by atoms with Gasteiger partial charge in [0.1, 0.15) is 0 Å². The fraction of sp³-hybridized carbons (Fsp3) is 1.00. The molecule has 16 heavy (non-hydrogen) atoms. The van der Waals surface area contributed by atoms with Crippen LogP contribution in [0.1, 0.15) is 52.9 Å². The monoisotopic (exact) mass is 226 g/mol. The summed E-state index contributed by atoms with van der Waals surface area (Å²) in [6, 6.07) is 0.721. The average Bonchev–Trinajstić information content (AvgIpc) is 2.29. The maximum absolute atomic E-state index is 3.69. The summed E-state index contributed by atoms with van der Waals surface area (Å²) in [5, 5.41) is 3.69. The highest BCUT2D eigenvalue weighted by molar-refractivity contribution is 4.76. The van der Waals surface area contributed by atoms with Gasteiger partial charge in [-0.2, -0.15) is 0 Å². The van der Waals surface area contributed by atoms with Crippen molar-refractivity contribution < 1.29 is 0 Å². The van der Waals surface area contributed by atoms with Crippen LogP contribution < -0.4 is 5.32 Å². The van der Waals surface area contributed by atoms with E-state index < -0.39 is 0 Å².